The van der Waals surface area contributed by atoms with Crippen LogP contribution in [0.2, 0.25) is 0 Å². The molecule has 0 aliphatic heterocycles. The van der Waals surface area contributed by atoms with Gasteiger partial charge in [-0.05, 0) is 6.92 Å². The standard InChI is InChI=1S/C5H11N3/c1-3-4-5-8(2)7-6/h3-4,6H,5H2,1-2H3/b4-3-,7-6?. The molecule has 0 fully saturated rings. The van der Waals surface area contributed by atoms with Crippen LogP contribution >= 0.6 is 0 Å². The molecule has 0 radical (unpaired) electrons. The number of hydrogen-bond acceptors (Lipinski definition) is 2. The normalized spacial score (nSPS) is 9.75. The molecule has 3 nitrogen and oxygen atoms in total. The minimum Gasteiger partial charge on any atom is -0.278 e. The van der Waals surface area contributed by atoms with Gasteiger partial charge >= 0.3 is 0 Å². The third-order valence-electron chi connectivity index (χ3n) is 0.776. The Kier molecular flexibility index (Phi) is 3.84. The van der Waals surface area contributed by atoms with Crippen molar-refractivity contribution in [2.24, 2.45) is 5.22 Å². The van der Waals surface area contributed by atoms with E-state index in [2.05, 4.69) is 5.22 Å². The van der Waals surface area contributed by atoms with Crippen LogP contribution in [0.1, 0.15) is 6.92 Å². The van der Waals surface area contributed by atoms with E-state index in [1.54, 1.807) is 12.1 Å². The highest BCUT2D eigenvalue weighted by molar-refractivity contribution is 4.78. The number of hydrogen-bond donors (Lipinski definition) is 1. The number of nitrogens with one attached hydrogen (secondary N) is 1. The first-order chi connectivity index (χ1) is 3.81. The highest BCUT2D eigenvalue weighted by Gasteiger charge is 1.81. The monoisotopic (exact) mass is 113 g/mol. The summed E-state index contributed by atoms with van der Waals surface area (Å²) < 4.78 is 0. The molecular formula is C5H11N3. The predicted octanol–water partition coefficient (Wildman–Crippen LogP) is 1.44. The molecule has 0 aromatic carbocycles. The van der Waals surface area contributed by atoms with Gasteiger partial charge in [-0.2, -0.15) is 5.53 Å². The van der Waals surface area contributed by atoms with Crippen molar-refractivity contribution in [3.8, 4) is 0 Å². The van der Waals surface area contributed by atoms with Crippen molar-refractivity contribution in [1.29, 1.82) is 5.53 Å². The molecule has 0 spiro atoms. The van der Waals surface area contributed by atoms with Gasteiger partial charge in [-0.15, -0.1) is 0 Å². The second-order valence-corrected chi connectivity index (χ2v) is 1.51. The Bertz CT molecular complexity index is 87.7. The van der Waals surface area contributed by atoms with Gasteiger partial charge in [0.1, 0.15) is 0 Å². The molecule has 0 aromatic rings. The van der Waals surface area contributed by atoms with Gasteiger partial charge in [0.2, 0.25) is 0 Å². The Labute approximate surface area is 49.5 Å². The van der Waals surface area contributed by atoms with Crippen molar-refractivity contribution >= 4 is 0 Å². The van der Waals surface area contributed by atoms with Crippen LogP contribution in [-0.4, -0.2) is 18.6 Å². The van der Waals surface area contributed by atoms with Gasteiger partial charge < -0.3 is 0 Å². The minimum absolute atomic E-state index is 0.722. The molecule has 0 unspecified atom stereocenters. The van der Waals surface area contributed by atoms with Crippen molar-refractivity contribution in [3.05, 3.63) is 12.2 Å². The lowest BCUT2D eigenvalue weighted by Crippen LogP contribution is -2.08. The maximum Gasteiger partial charge on any atom is 0.0554 e. The fraction of sp³-hybridized carbons (Fsp3) is 0.600. The molecule has 0 amide bonds. The average Bonchev–Trinajstić information content (AvgIpc) is 1.83. The summed E-state index contributed by atoms with van der Waals surface area (Å²) >= 11 is 0. The Balaban J connectivity index is 3.23. The van der Waals surface area contributed by atoms with Crippen LogP contribution in [0.4, 0.5) is 0 Å². The van der Waals surface area contributed by atoms with E-state index < -0.39 is 0 Å². The van der Waals surface area contributed by atoms with E-state index in [4.69, 9.17) is 5.53 Å². The van der Waals surface area contributed by atoms with E-state index in [9.17, 15) is 0 Å². The minimum atomic E-state index is 0.722. The summed E-state index contributed by atoms with van der Waals surface area (Å²) in [4.78, 5) is 0. The number of rotatable bonds is 3. The van der Waals surface area contributed by atoms with Gasteiger partial charge in [-0.1, -0.05) is 17.4 Å². The number of likely N-dealkylation sites (N-methyl/N-ethyl adjacent to an activating group) is 1. The van der Waals surface area contributed by atoms with E-state index in [1.807, 2.05) is 19.1 Å². The summed E-state index contributed by atoms with van der Waals surface area (Å²) in [7, 11) is 1.76. The molecule has 0 atom stereocenters. The summed E-state index contributed by atoms with van der Waals surface area (Å²) in [5, 5.41) is 4.70. The van der Waals surface area contributed by atoms with Gasteiger partial charge in [-0.3, -0.25) is 5.01 Å². The molecule has 0 saturated heterocycles. The second kappa shape index (κ2) is 4.30. The highest BCUT2D eigenvalue weighted by atomic mass is 15.5. The van der Waals surface area contributed by atoms with Gasteiger partial charge in [0.25, 0.3) is 0 Å². The van der Waals surface area contributed by atoms with Crippen molar-refractivity contribution in [2.75, 3.05) is 13.6 Å². The van der Waals surface area contributed by atoms with E-state index >= 15 is 0 Å². The van der Waals surface area contributed by atoms with Crippen LogP contribution in [0.3, 0.4) is 0 Å². The maximum absolute atomic E-state index is 6.50. The summed E-state index contributed by atoms with van der Waals surface area (Å²) in [6, 6.07) is 0. The van der Waals surface area contributed by atoms with Crippen LogP contribution in [0, 0.1) is 5.53 Å². The third kappa shape index (κ3) is 3.33. The number of nitrogens with zero attached hydrogens (tertiary/aromatic N) is 2. The van der Waals surface area contributed by atoms with E-state index in [-0.39, 0.29) is 0 Å². The molecule has 1 N–H and O–H groups in total. The smallest absolute Gasteiger partial charge is 0.0554 e. The zero-order chi connectivity index (χ0) is 6.41. The fourth-order valence-corrected chi connectivity index (χ4v) is 0.299. The first-order valence-corrected chi connectivity index (χ1v) is 2.51. The van der Waals surface area contributed by atoms with Crippen molar-refractivity contribution in [2.45, 2.75) is 6.92 Å². The lowest BCUT2D eigenvalue weighted by molar-refractivity contribution is 0.355. The van der Waals surface area contributed by atoms with Crippen LogP contribution in [0.5, 0.6) is 0 Å². The Morgan fingerprint density at radius 2 is 2.38 bits per heavy atom. The average molecular weight is 113 g/mol. The molecule has 0 aliphatic carbocycles. The Morgan fingerprint density at radius 3 is 2.75 bits per heavy atom. The summed E-state index contributed by atoms with van der Waals surface area (Å²) in [6.45, 7) is 2.66. The lowest BCUT2D eigenvalue weighted by atomic mass is 10.5. The Morgan fingerprint density at radius 1 is 1.75 bits per heavy atom. The second-order valence-electron chi connectivity index (χ2n) is 1.51. The van der Waals surface area contributed by atoms with E-state index in [0.717, 1.165) is 6.54 Å². The van der Waals surface area contributed by atoms with Gasteiger partial charge in [0, 0.05) is 7.05 Å². The van der Waals surface area contributed by atoms with Crippen LogP contribution in [-0.2, 0) is 0 Å². The molecular weight excluding hydrogens is 102 g/mol. The first-order valence-electron chi connectivity index (χ1n) is 2.51. The molecule has 0 bridgehead atoms. The quantitative estimate of drug-likeness (QED) is 0.336. The molecule has 0 aromatic heterocycles. The molecule has 0 aliphatic rings. The van der Waals surface area contributed by atoms with Crippen LogP contribution in [0.15, 0.2) is 17.4 Å². The van der Waals surface area contributed by atoms with Gasteiger partial charge in [-0.25, -0.2) is 0 Å². The molecule has 0 saturated carbocycles. The summed E-state index contributed by atoms with van der Waals surface area (Å²) in [6.07, 6.45) is 3.87. The van der Waals surface area contributed by atoms with Crippen molar-refractivity contribution < 1.29 is 0 Å². The predicted molar refractivity (Wildman–Crippen MR) is 32.6 cm³/mol. The summed E-state index contributed by atoms with van der Waals surface area (Å²) in [5.74, 6) is 0. The summed E-state index contributed by atoms with van der Waals surface area (Å²) in [5.41, 5.74) is 6.50. The van der Waals surface area contributed by atoms with Crippen molar-refractivity contribution in [3.63, 3.8) is 0 Å². The first kappa shape index (κ1) is 7.14. The van der Waals surface area contributed by atoms with Gasteiger partial charge in [0.05, 0.1) is 6.54 Å². The SMILES string of the molecule is C/C=C\CN(C)N=N. The van der Waals surface area contributed by atoms with Crippen LogP contribution < -0.4 is 0 Å². The Hall–Kier alpha value is -0.860. The largest absolute Gasteiger partial charge is 0.278 e. The lowest BCUT2D eigenvalue weighted by Gasteiger charge is -2.03. The molecule has 8 heavy (non-hydrogen) atoms. The number of allylic oxidation sites excluding steroid dienone is 1. The third-order valence-corrected chi connectivity index (χ3v) is 0.776. The van der Waals surface area contributed by atoms with Crippen molar-refractivity contribution in [1.82, 2.24) is 5.01 Å². The van der Waals surface area contributed by atoms with E-state index in [0.29, 0.717) is 0 Å². The highest BCUT2D eigenvalue weighted by Crippen LogP contribution is 1.81. The molecule has 3 heteroatoms. The molecule has 46 valence electrons. The van der Waals surface area contributed by atoms with E-state index in [1.165, 1.54) is 0 Å². The zero-order valence-corrected chi connectivity index (χ0v) is 5.26. The van der Waals surface area contributed by atoms with Gasteiger partial charge in [0.15, 0.2) is 0 Å². The molecule has 0 heterocycles. The van der Waals surface area contributed by atoms with Crippen LogP contribution in [0.25, 0.3) is 0 Å². The zero-order valence-electron chi connectivity index (χ0n) is 5.26. The molecule has 0 rings (SSSR count). The topological polar surface area (TPSA) is 39.5 Å². The fourth-order valence-electron chi connectivity index (χ4n) is 0.299. The maximum atomic E-state index is 6.50.